The second-order valence-corrected chi connectivity index (χ2v) is 2.90. The second kappa shape index (κ2) is 7.20. The van der Waals surface area contributed by atoms with E-state index in [0.717, 1.165) is 0 Å². The summed E-state index contributed by atoms with van der Waals surface area (Å²) in [7, 11) is 0. The van der Waals surface area contributed by atoms with Crippen LogP contribution in [0.3, 0.4) is 0 Å². The lowest BCUT2D eigenvalue weighted by atomic mass is 10.2. The highest BCUT2D eigenvalue weighted by Gasteiger charge is 2.02. The van der Waals surface area contributed by atoms with Crippen LogP contribution in [0.25, 0.3) is 0 Å². The van der Waals surface area contributed by atoms with Crippen LogP contribution in [-0.2, 0) is 4.89 Å². The van der Waals surface area contributed by atoms with Gasteiger partial charge in [-0.1, -0.05) is 54.6 Å². The van der Waals surface area contributed by atoms with Crippen LogP contribution >= 0.6 is 0 Å². The van der Waals surface area contributed by atoms with Crippen LogP contribution in [0.2, 0.25) is 0 Å². The fraction of sp³-hybridized carbons (Fsp3) is 0. The summed E-state index contributed by atoms with van der Waals surface area (Å²) in [5, 5.41) is 7.94. The van der Waals surface area contributed by atoms with E-state index >= 15 is 0 Å². The van der Waals surface area contributed by atoms with E-state index in [1.165, 1.54) is 0 Å². The van der Waals surface area contributed by atoms with Crippen molar-refractivity contribution in [3.05, 3.63) is 72.3 Å². The van der Waals surface area contributed by atoms with Gasteiger partial charge < -0.3 is 0 Å². The van der Waals surface area contributed by atoms with Gasteiger partial charge in [-0.25, -0.2) is 4.79 Å². The summed E-state index contributed by atoms with van der Waals surface area (Å²) in [6.07, 6.45) is 0. The molecule has 0 radical (unpaired) electrons. The Morgan fingerprint density at radius 3 is 1.56 bits per heavy atom. The van der Waals surface area contributed by atoms with Gasteiger partial charge in [-0.3, -0.25) is 4.89 Å². The molecule has 0 saturated heterocycles. The lowest BCUT2D eigenvalue weighted by Gasteiger charge is -1.92. The van der Waals surface area contributed by atoms with E-state index in [0.29, 0.717) is 5.56 Å². The molecule has 0 atom stereocenters. The molecule has 0 saturated carbocycles. The molecule has 0 amide bonds. The summed E-state index contributed by atoms with van der Waals surface area (Å²) >= 11 is 0. The molecule has 3 heteroatoms. The molecule has 2 aromatic carbocycles. The first-order valence-electron chi connectivity index (χ1n) is 4.75. The van der Waals surface area contributed by atoms with Gasteiger partial charge in [-0.05, 0) is 12.1 Å². The van der Waals surface area contributed by atoms with Crippen molar-refractivity contribution in [3.63, 3.8) is 0 Å². The van der Waals surface area contributed by atoms with Crippen LogP contribution in [-0.4, -0.2) is 11.2 Å². The van der Waals surface area contributed by atoms with Crippen LogP contribution in [0, 0.1) is 0 Å². The van der Waals surface area contributed by atoms with Crippen LogP contribution in [0.4, 0.5) is 0 Å². The summed E-state index contributed by atoms with van der Waals surface area (Å²) in [5.41, 5.74) is 0.338. The molecule has 0 aliphatic heterocycles. The molecule has 3 nitrogen and oxygen atoms in total. The van der Waals surface area contributed by atoms with Crippen molar-refractivity contribution >= 4 is 5.97 Å². The first-order chi connectivity index (χ1) is 7.84. The largest absolute Gasteiger partial charge is 0.372 e. The van der Waals surface area contributed by atoms with Gasteiger partial charge in [0, 0.05) is 0 Å². The third kappa shape index (κ3) is 4.39. The van der Waals surface area contributed by atoms with Gasteiger partial charge in [0.1, 0.15) is 0 Å². The maximum absolute atomic E-state index is 10.5. The molecule has 0 heterocycles. The average Bonchev–Trinajstić information content (AvgIpc) is 2.41. The quantitative estimate of drug-likeness (QED) is 0.588. The van der Waals surface area contributed by atoms with Crippen molar-refractivity contribution in [2.75, 3.05) is 0 Å². The topological polar surface area (TPSA) is 46.5 Å². The lowest BCUT2D eigenvalue weighted by Crippen LogP contribution is -2.00. The highest BCUT2D eigenvalue weighted by Crippen LogP contribution is 1.98. The van der Waals surface area contributed by atoms with E-state index in [-0.39, 0.29) is 0 Å². The van der Waals surface area contributed by atoms with Crippen molar-refractivity contribution in [3.8, 4) is 0 Å². The molecule has 0 bridgehead atoms. The molecule has 0 aliphatic carbocycles. The molecule has 2 rings (SSSR count). The van der Waals surface area contributed by atoms with E-state index in [4.69, 9.17) is 5.26 Å². The van der Waals surface area contributed by atoms with Gasteiger partial charge in [0.05, 0.1) is 5.56 Å². The van der Waals surface area contributed by atoms with Crippen molar-refractivity contribution in [2.24, 2.45) is 0 Å². The minimum atomic E-state index is -0.736. The minimum absolute atomic E-state index is 0.338. The molecule has 16 heavy (non-hydrogen) atoms. The van der Waals surface area contributed by atoms with Crippen LogP contribution in [0.1, 0.15) is 10.4 Å². The summed E-state index contributed by atoms with van der Waals surface area (Å²) in [4.78, 5) is 14.0. The van der Waals surface area contributed by atoms with E-state index in [2.05, 4.69) is 4.89 Å². The summed E-state index contributed by atoms with van der Waals surface area (Å²) in [5.74, 6) is -0.736. The molecular weight excluding hydrogens is 204 g/mol. The van der Waals surface area contributed by atoms with Gasteiger partial charge in [0.25, 0.3) is 0 Å². The van der Waals surface area contributed by atoms with Crippen molar-refractivity contribution in [1.29, 1.82) is 0 Å². The maximum atomic E-state index is 10.5. The Balaban J connectivity index is 0.000000181. The Morgan fingerprint density at radius 1 is 0.812 bits per heavy atom. The summed E-state index contributed by atoms with van der Waals surface area (Å²) in [6, 6.07) is 20.3. The van der Waals surface area contributed by atoms with Crippen LogP contribution in [0.15, 0.2) is 66.7 Å². The number of benzene rings is 2. The molecule has 1 N–H and O–H groups in total. The third-order valence-electron chi connectivity index (χ3n) is 1.76. The highest BCUT2D eigenvalue weighted by atomic mass is 17.1. The molecule has 0 spiro atoms. The number of carbonyl (C=O) groups excluding carboxylic acids is 1. The second-order valence-electron chi connectivity index (χ2n) is 2.90. The van der Waals surface area contributed by atoms with Crippen molar-refractivity contribution in [1.82, 2.24) is 0 Å². The summed E-state index contributed by atoms with van der Waals surface area (Å²) < 4.78 is 0. The van der Waals surface area contributed by atoms with Crippen molar-refractivity contribution < 1.29 is 14.9 Å². The molecular formula is C13H12O3. The lowest BCUT2D eigenvalue weighted by molar-refractivity contribution is -0.182. The zero-order chi connectivity index (χ0) is 11.6. The van der Waals surface area contributed by atoms with Crippen LogP contribution < -0.4 is 0 Å². The van der Waals surface area contributed by atoms with Gasteiger partial charge in [-0.15, -0.1) is 0 Å². The molecule has 0 unspecified atom stereocenters. The van der Waals surface area contributed by atoms with Crippen molar-refractivity contribution in [2.45, 2.75) is 0 Å². The number of hydrogen-bond donors (Lipinski definition) is 1. The first kappa shape index (κ1) is 11.9. The third-order valence-corrected chi connectivity index (χ3v) is 1.76. The maximum Gasteiger partial charge on any atom is 0.372 e. The molecule has 2 aromatic rings. The fourth-order valence-corrected chi connectivity index (χ4v) is 1.01. The normalized spacial score (nSPS) is 8.56. The SMILES string of the molecule is O=C(OO)c1ccccc1.c1ccccc1. The average molecular weight is 216 g/mol. The molecule has 0 aliphatic rings. The molecule has 82 valence electrons. The Hall–Kier alpha value is -2.13. The Morgan fingerprint density at radius 2 is 1.19 bits per heavy atom. The Bertz CT molecular complexity index is 371. The predicted octanol–water partition coefficient (Wildman–Crippen LogP) is 3.00. The first-order valence-corrected chi connectivity index (χ1v) is 4.75. The summed E-state index contributed by atoms with van der Waals surface area (Å²) in [6.45, 7) is 0. The van der Waals surface area contributed by atoms with E-state index in [9.17, 15) is 4.79 Å². The fourth-order valence-electron chi connectivity index (χ4n) is 1.01. The standard InChI is InChI=1S/C7H6O3.C6H6/c8-7(10-9)6-4-2-1-3-5-6;1-2-4-6-5-3-1/h1-5,9H;1-6H. The van der Waals surface area contributed by atoms with Gasteiger partial charge in [0.15, 0.2) is 0 Å². The van der Waals surface area contributed by atoms with Crippen LogP contribution in [0.5, 0.6) is 0 Å². The monoisotopic (exact) mass is 216 g/mol. The Kier molecular flexibility index (Phi) is 5.37. The van der Waals surface area contributed by atoms with E-state index < -0.39 is 5.97 Å². The number of carbonyl (C=O) groups is 1. The number of hydrogen-bond acceptors (Lipinski definition) is 3. The highest BCUT2D eigenvalue weighted by molar-refractivity contribution is 5.88. The smallest absolute Gasteiger partial charge is 0.296 e. The zero-order valence-corrected chi connectivity index (χ0v) is 8.61. The zero-order valence-electron chi connectivity index (χ0n) is 8.61. The van der Waals surface area contributed by atoms with Gasteiger partial charge in [0.2, 0.25) is 0 Å². The van der Waals surface area contributed by atoms with Gasteiger partial charge in [-0.2, -0.15) is 5.26 Å². The Labute approximate surface area is 93.9 Å². The predicted molar refractivity (Wildman–Crippen MR) is 60.9 cm³/mol. The van der Waals surface area contributed by atoms with E-state index in [1.807, 2.05) is 36.4 Å². The molecule has 0 fully saturated rings. The number of rotatable bonds is 1. The molecule has 0 aromatic heterocycles. The minimum Gasteiger partial charge on any atom is -0.296 e. The van der Waals surface area contributed by atoms with Gasteiger partial charge >= 0.3 is 5.97 Å². The van der Waals surface area contributed by atoms with E-state index in [1.54, 1.807) is 30.3 Å².